The second-order valence-electron chi connectivity index (χ2n) is 6.13. The molecule has 0 bridgehead atoms. The summed E-state index contributed by atoms with van der Waals surface area (Å²) in [4.78, 5) is 0.0580. The van der Waals surface area contributed by atoms with Gasteiger partial charge in [0.05, 0.1) is 19.5 Å². The first-order valence-corrected chi connectivity index (χ1v) is 11.4. The minimum absolute atomic E-state index is 0.0580. The summed E-state index contributed by atoms with van der Waals surface area (Å²) < 4.78 is 53.9. The third kappa shape index (κ3) is 4.92. The van der Waals surface area contributed by atoms with Gasteiger partial charge in [0.1, 0.15) is 10.6 Å². The van der Waals surface area contributed by atoms with Crippen LogP contribution in [-0.2, 0) is 26.5 Å². The predicted octanol–water partition coefficient (Wildman–Crippen LogP) is 0.633. The van der Waals surface area contributed by atoms with Crippen molar-refractivity contribution in [3.05, 3.63) is 23.8 Å². The van der Waals surface area contributed by atoms with Crippen LogP contribution in [0.3, 0.4) is 0 Å². The van der Waals surface area contributed by atoms with Crippen molar-refractivity contribution in [1.29, 1.82) is 0 Å². The molecule has 1 aliphatic rings. The molecule has 9 heteroatoms. The Morgan fingerprint density at radius 1 is 1.17 bits per heavy atom. The third-order valence-electron chi connectivity index (χ3n) is 4.11. The minimum atomic E-state index is -3.47. The zero-order valence-electron chi connectivity index (χ0n) is 13.8. The Morgan fingerprint density at radius 3 is 2.29 bits per heavy atom. The van der Waals surface area contributed by atoms with Crippen LogP contribution in [0.15, 0.2) is 23.1 Å². The van der Waals surface area contributed by atoms with Crippen molar-refractivity contribution in [1.82, 2.24) is 4.31 Å². The van der Waals surface area contributed by atoms with Crippen molar-refractivity contribution in [2.75, 3.05) is 32.2 Å². The fourth-order valence-corrected chi connectivity index (χ4v) is 4.41. The fourth-order valence-electron chi connectivity index (χ4n) is 2.68. The van der Waals surface area contributed by atoms with Gasteiger partial charge in [-0.1, -0.05) is 6.07 Å². The lowest BCUT2D eigenvalue weighted by Gasteiger charge is -2.30. The predicted molar refractivity (Wildman–Crippen MR) is 90.1 cm³/mol. The van der Waals surface area contributed by atoms with Gasteiger partial charge in [-0.3, -0.25) is 0 Å². The number of ether oxygens (including phenoxy) is 1. The van der Waals surface area contributed by atoms with E-state index in [4.69, 9.17) is 9.84 Å². The molecule has 0 atom stereocenters. The highest BCUT2D eigenvalue weighted by Crippen LogP contribution is 2.27. The summed E-state index contributed by atoms with van der Waals surface area (Å²) in [6, 6.07) is 4.58. The summed E-state index contributed by atoms with van der Waals surface area (Å²) in [5, 5.41) is 9.15. The molecule has 0 radical (unpaired) electrons. The molecular weight excluding hydrogens is 354 g/mol. The zero-order chi connectivity index (χ0) is 18.0. The van der Waals surface area contributed by atoms with E-state index in [0.29, 0.717) is 38.1 Å². The fraction of sp³-hybridized carbons (Fsp3) is 0.600. The van der Waals surface area contributed by atoms with Gasteiger partial charge >= 0.3 is 0 Å². The lowest BCUT2D eigenvalue weighted by molar-refractivity contribution is 0.183. The maximum absolute atomic E-state index is 11.9. The van der Waals surface area contributed by atoms with E-state index in [2.05, 4.69) is 0 Å². The molecule has 1 heterocycles. The van der Waals surface area contributed by atoms with Gasteiger partial charge in [0, 0.05) is 19.3 Å². The van der Waals surface area contributed by atoms with Gasteiger partial charge in [-0.2, -0.15) is 0 Å². The number of rotatable bonds is 6. The number of sulfonamides is 1. The quantitative estimate of drug-likeness (QED) is 0.780. The first-order valence-electron chi connectivity index (χ1n) is 7.63. The highest BCUT2D eigenvalue weighted by Gasteiger charge is 2.25. The summed E-state index contributed by atoms with van der Waals surface area (Å²) in [7, 11) is -6.63. The van der Waals surface area contributed by atoms with E-state index in [0.717, 1.165) is 6.26 Å². The molecule has 136 valence electrons. The number of aliphatic hydroxyl groups excluding tert-OH is 1. The molecule has 0 saturated carbocycles. The Morgan fingerprint density at radius 2 is 1.79 bits per heavy atom. The molecule has 1 fully saturated rings. The van der Waals surface area contributed by atoms with Crippen LogP contribution < -0.4 is 4.74 Å². The standard InChI is InChI=1S/C15H23NO6S2/c1-23(18,19)15-9-13(10-17)3-4-14(15)22-11-12-5-7-16(8-6-12)24(2,20)21/h3-4,9,12,17H,5-8,10-11H2,1-2H3. The summed E-state index contributed by atoms with van der Waals surface area (Å²) in [6.45, 7) is 0.996. The molecule has 1 N–H and O–H groups in total. The molecule has 2 rings (SSSR count). The highest BCUT2D eigenvalue weighted by molar-refractivity contribution is 7.90. The second kappa shape index (κ2) is 7.38. The number of nitrogens with zero attached hydrogens (tertiary/aromatic N) is 1. The summed E-state index contributed by atoms with van der Waals surface area (Å²) in [5.74, 6) is 0.438. The van der Waals surface area contributed by atoms with Gasteiger partial charge in [-0.05, 0) is 36.5 Å². The Labute approximate surface area is 143 Å². The molecule has 0 aliphatic carbocycles. The number of hydrogen-bond donors (Lipinski definition) is 1. The topological polar surface area (TPSA) is 101 Å². The summed E-state index contributed by atoms with van der Waals surface area (Å²) in [6.07, 6.45) is 3.65. The molecule has 7 nitrogen and oxygen atoms in total. The van der Waals surface area contributed by atoms with Crippen LogP contribution in [0.2, 0.25) is 0 Å². The normalized spacial score (nSPS) is 17.8. The van der Waals surface area contributed by atoms with E-state index < -0.39 is 19.9 Å². The minimum Gasteiger partial charge on any atom is -0.492 e. The number of aliphatic hydroxyl groups is 1. The van der Waals surface area contributed by atoms with Crippen LogP contribution in [-0.4, -0.2) is 58.5 Å². The Hall–Kier alpha value is -1.16. The van der Waals surface area contributed by atoms with E-state index in [-0.39, 0.29) is 23.2 Å². The van der Waals surface area contributed by atoms with Crippen molar-refractivity contribution >= 4 is 19.9 Å². The van der Waals surface area contributed by atoms with Crippen LogP contribution in [0.5, 0.6) is 5.75 Å². The van der Waals surface area contributed by atoms with E-state index in [1.165, 1.54) is 16.6 Å². The molecule has 24 heavy (non-hydrogen) atoms. The van der Waals surface area contributed by atoms with Gasteiger partial charge < -0.3 is 9.84 Å². The molecule has 1 saturated heterocycles. The van der Waals surface area contributed by atoms with Gasteiger partial charge in [-0.15, -0.1) is 0 Å². The summed E-state index contributed by atoms with van der Waals surface area (Å²) in [5.41, 5.74) is 0.504. The van der Waals surface area contributed by atoms with Gasteiger partial charge in [0.2, 0.25) is 10.0 Å². The smallest absolute Gasteiger partial charge is 0.211 e. The van der Waals surface area contributed by atoms with Crippen LogP contribution in [0, 0.1) is 5.92 Å². The van der Waals surface area contributed by atoms with E-state index in [1.54, 1.807) is 12.1 Å². The van der Waals surface area contributed by atoms with Crippen molar-refractivity contribution in [3.8, 4) is 5.75 Å². The van der Waals surface area contributed by atoms with Crippen LogP contribution in [0.25, 0.3) is 0 Å². The monoisotopic (exact) mass is 377 g/mol. The summed E-state index contributed by atoms with van der Waals surface area (Å²) >= 11 is 0. The average molecular weight is 377 g/mol. The maximum atomic E-state index is 11.9. The molecular formula is C15H23NO6S2. The number of hydrogen-bond acceptors (Lipinski definition) is 6. The molecule has 0 unspecified atom stereocenters. The van der Waals surface area contributed by atoms with Crippen molar-refractivity contribution < 1.29 is 26.7 Å². The van der Waals surface area contributed by atoms with E-state index in [9.17, 15) is 16.8 Å². The Bertz CT molecular complexity index is 780. The second-order valence-corrected chi connectivity index (χ2v) is 10.1. The SMILES string of the molecule is CS(=O)(=O)c1cc(CO)ccc1OCC1CCN(S(C)(=O)=O)CC1. The molecule has 1 aromatic carbocycles. The number of sulfone groups is 1. The Balaban J connectivity index is 2.03. The molecule has 1 aromatic rings. The Kier molecular flexibility index (Phi) is 5.90. The average Bonchev–Trinajstić information content (AvgIpc) is 2.51. The van der Waals surface area contributed by atoms with E-state index >= 15 is 0 Å². The lowest BCUT2D eigenvalue weighted by Crippen LogP contribution is -2.39. The van der Waals surface area contributed by atoms with E-state index in [1.807, 2.05) is 0 Å². The lowest BCUT2D eigenvalue weighted by atomic mass is 9.99. The van der Waals surface area contributed by atoms with Gasteiger partial charge in [0.15, 0.2) is 9.84 Å². The first kappa shape index (κ1) is 19.2. The van der Waals surface area contributed by atoms with Crippen molar-refractivity contribution in [2.45, 2.75) is 24.3 Å². The van der Waals surface area contributed by atoms with Gasteiger partial charge in [0.25, 0.3) is 0 Å². The zero-order valence-corrected chi connectivity index (χ0v) is 15.4. The van der Waals surface area contributed by atoms with Crippen LogP contribution >= 0.6 is 0 Å². The largest absolute Gasteiger partial charge is 0.492 e. The number of piperidine rings is 1. The maximum Gasteiger partial charge on any atom is 0.211 e. The van der Waals surface area contributed by atoms with Crippen LogP contribution in [0.1, 0.15) is 18.4 Å². The third-order valence-corrected chi connectivity index (χ3v) is 6.53. The molecule has 0 amide bonds. The van der Waals surface area contributed by atoms with Gasteiger partial charge in [-0.25, -0.2) is 21.1 Å². The van der Waals surface area contributed by atoms with Crippen molar-refractivity contribution in [2.24, 2.45) is 5.92 Å². The number of benzene rings is 1. The molecule has 0 aromatic heterocycles. The molecule has 1 aliphatic heterocycles. The molecule has 0 spiro atoms. The van der Waals surface area contributed by atoms with Crippen LogP contribution in [0.4, 0.5) is 0 Å². The van der Waals surface area contributed by atoms with Crippen molar-refractivity contribution in [3.63, 3.8) is 0 Å². The highest BCUT2D eigenvalue weighted by atomic mass is 32.2. The first-order chi connectivity index (χ1) is 11.1.